The van der Waals surface area contributed by atoms with Gasteiger partial charge in [0.2, 0.25) is 0 Å². The predicted octanol–water partition coefficient (Wildman–Crippen LogP) is 1.65. The molecule has 0 aliphatic carbocycles. The average molecular weight is 189 g/mol. The molecule has 0 amide bonds. The fourth-order valence-electron chi connectivity index (χ4n) is 0.906. The van der Waals surface area contributed by atoms with Crippen LogP contribution >= 0.6 is 0 Å². The van der Waals surface area contributed by atoms with Crippen LogP contribution in [0, 0.1) is 12.3 Å². The van der Waals surface area contributed by atoms with Crippen LogP contribution in [0.4, 0.5) is 0 Å². The van der Waals surface area contributed by atoms with Gasteiger partial charge < -0.3 is 4.74 Å². The summed E-state index contributed by atoms with van der Waals surface area (Å²) < 4.78 is 4.96. The van der Waals surface area contributed by atoms with Gasteiger partial charge in [0, 0.05) is 18.8 Å². The van der Waals surface area contributed by atoms with Gasteiger partial charge in [0.05, 0.1) is 12.2 Å². The summed E-state index contributed by atoms with van der Waals surface area (Å²) in [5.41, 5.74) is 0.466. The maximum atomic E-state index is 11.3. The minimum Gasteiger partial charge on any atom is -0.462 e. The van der Waals surface area contributed by atoms with Crippen LogP contribution < -0.4 is 0 Å². The molecular weight excluding hydrogens is 178 g/mol. The molecule has 1 aromatic heterocycles. The number of hydrogen-bond acceptors (Lipinski definition) is 3. The fourth-order valence-corrected chi connectivity index (χ4v) is 0.906. The first kappa shape index (κ1) is 10.3. The van der Waals surface area contributed by atoms with E-state index in [0.29, 0.717) is 25.0 Å². The molecule has 3 nitrogen and oxygen atoms in total. The van der Waals surface area contributed by atoms with E-state index in [9.17, 15) is 4.79 Å². The molecule has 0 unspecified atom stereocenters. The Bertz CT molecular complexity index is 327. The molecule has 72 valence electrons. The molecule has 0 atom stereocenters. The SMILES string of the molecule is C#CCCCOC(=O)c1cccnc1. The molecule has 0 saturated carbocycles. The molecule has 0 saturated heterocycles. The number of unbranched alkanes of at least 4 members (excludes halogenated alkanes) is 1. The largest absolute Gasteiger partial charge is 0.462 e. The van der Waals surface area contributed by atoms with Crippen LogP contribution in [0.25, 0.3) is 0 Å². The summed E-state index contributed by atoms with van der Waals surface area (Å²) in [6, 6.07) is 3.36. The summed E-state index contributed by atoms with van der Waals surface area (Å²) >= 11 is 0. The smallest absolute Gasteiger partial charge is 0.339 e. The topological polar surface area (TPSA) is 39.2 Å². The molecular formula is C11H11NO2. The first-order chi connectivity index (χ1) is 6.84. The highest BCUT2D eigenvalue weighted by atomic mass is 16.5. The Labute approximate surface area is 83.1 Å². The van der Waals surface area contributed by atoms with Gasteiger partial charge in [-0.05, 0) is 18.6 Å². The number of ether oxygens (including phenoxy) is 1. The third kappa shape index (κ3) is 3.28. The molecule has 1 aromatic rings. The second-order valence-electron chi connectivity index (χ2n) is 2.69. The molecule has 0 fully saturated rings. The van der Waals surface area contributed by atoms with Crippen molar-refractivity contribution in [2.45, 2.75) is 12.8 Å². The van der Waals surface area contributed by atoms with Gasteiger partial charge in [-0.1, -0.05) is 0 Å². The van der Waals surface area contributed by atoms with Crippen molar-refractivity contribution in [2.24, 2.45) is 0 Å². The van der Waals surface area contributed by atoms with Crippen molar-refractivity contribution in [3.63, 3.8) is 0 Å². The number of rotatable bonds is 4. The minimum atomic E-state index is -0.352. The molecule has 0 aliphatic heterocycles. The van der Waals surface area contributed by atoms with Gasteiger partial charge in [-0.25, -0.2) is 4.79 Å². The highest BCUT2D eigenvalue weighted by molar-refractivity contribution is 5.88. The van der Waals surface area contributed by atoms with Crippen molar-refractivity contribution in [3.8, 4) is 12.3 Å². The van der Waals surface area contributed by atoms with Crippen LogP contribution in [0.15, 0.2) is 24.5 Å². The second kappa shape index (κ2) is 5.76. The number of terminal acetylenes is 1. The average Bonchev–Trinajstić information content (AvgIpc) is 2.25. The van der Waals surface area contributed by atoms with Gasteiger partial charge in [-0.15, -0.1) is 12.3 Å². The van der Waals surface area contributed by atoms with Crippen LogP contribution in [0.3, 0.4) is 0 Å². The van der Waals surface area contributed by atoms with E-state index in [4.69, 9.17) is 11.2 Å². The zero-order valence-electron chi connectivity index (χ0n) is 7.77. The van der Waals surface area contributed by atoms with E-state index in [1.54, 1.807) is 18.3 Å². The maximum absolute atomic E-state index is 11.3. The van der Waals surface area contributed by atoms with Crippen molar-refractivity contribution in [1.29, 1.82) is 0 Å². The van der Waals surface area contributed by atoms with Crippen molar-refractivity contribution in [2.75, 3.05) is 6.61 Å². The summed E-state index contributed by atoms with van der Waals surface area (Å²) in [7, 11) is 0. The van der Waals surface area contributed by atoms with E-state index in [-0.39, 0.29) is 5.97 Å². The monoisotopic (exact) mass is 189 g/mol. The van der Waals surface area contributed by atoms with Crippen molar-refractivity contribution >= 4 is 5.97 Å². The van der Waals surface area contributed by atoms with E-state index in [0.717, 1.165) is 0 Å². The summed E-state index contributed by atoms with van der Waals surface area (Å²) in [6.07, 6.45) is 9.46. The van der Waals surface area contributed by atoms with Gasteiger partial charge in [-0.3, -0.25) is 4.98 Å². The predicted molar refractivity (Wildman–Crippen MR) is 52.6 cm³/mol. The minimum absolute atomic E-state index is 0.352. The number of carbonyl (C=O) groups is 1. The Morgan fingerprint density at radius 3 is 3.14 bits per heavy atom. The van der Waals surface area contributed by atoms with E-state index in [2.05, 4.69) is 10.9 Å². The zero-order chi connectivity index (χ0) is 10.2. The Morgan fingerprint density at radius 1 is 1.64 bits per heavy atom. The van der Waals surface area contributed by atoms with Crippen LogP contribution in [-0.2, 0) is 4.74 Å². The molecule has 0 bridgehead atoms. The van der Waals surface area contributed by atoms with E-state index < -0.39 is 0 Å². The van der Waals surface area contributed by atoms with Crippen LogP contribution in [0.5, 0.6) is 0 Å². The molecule has 0 aliphatic rings. The lowest BCUT2D eigenvalue weighted by atomic mass is 10.3. The summed E-state index contributed by atoms with van der Waals surface area (Å²) in [5.74, 6) is 2.13. The standard InChI is InChI=1S/C11H11NO2/c1-2-3-4-8-14-11(13)10-6-5-7-12-9-10/h1,5-7,9H,3-4,8H2. The Hall–Kier alpha value is -1.82. The molecule has 0 radical (unpaired) electrons. The summed E-state index contributed by atoms with van der Waals surface area (Å²) in [4.78, 5) is 15.1. The van der Waals surface area contributed by atoms with E-state index >= 15 is 0 Å². The van der Waals surface area contributed by atoms with Gasteiger partial charge in [0.25, 0.3) is 0 Å². The Kier molecular flexibility index (Phi) is 4.22. The number of aromatic nitrogens is 1. The zero-order valence-corrected chi connectivity index (χ0v) is 7.77. The third-order valence-corrected chi connectivity index (χ3v) is 1.60. The number of esters is 1. The molecule has 1 rings (SSSR count). The molecule has 0 spiro atoms. The number of pyridine rings is 1. The van der Waals surface area contributed by atoms with E-state index in [1.165, 1.54) is 6.20 Å². The Morgan fingerprint density at radius 2 is 2.50 bits per heavy atom. The van der Waals surface area contributed by atoms with Gasteiger partial charge in [0.15, 0.2) is 0 Å². The molecule has 0 N–H and O–H groups in total. The van der Waals surface area contributed by atoms with E-state index in [1.807, 2.05) is 0 Å². The van der Waals surface area contributed by atoms with Crippen LogP contribution in [-0.4, -0.2) is 17.6 Å². The van der Waals surface area contributed by atoms with Gasteiger partial charge in [-0.2, -0.15) is 0 Å². The normalized spacial score (nSPS) is 9.07. The van der Waals surface area contributed by atoms with Crippen LogP contribution in [0.1, 0.15) is 23.2 Å². The van der Waals surface area contributed by atoms with Crippen molar-refractivity contribution < 1.29 is 9.53 Å². The quantitative estimate of drug-likeness (QED) is 0.410. The number of carbonyl (C=O) groups excluding carboxylic acids is 1. The number of nitrogens with zero attached hydrogens (tertiary/aromatic N) is 1. The second-order valence-corrected chi connectivity index (χ2v) is 2.69. The molecule has 3 heteroatoms. The lowest BCUT2D eigenvalue weighted by Crippen LogP contribution is -2.06. The number of hydrogen-bond donors (Lipinski definition) is 0. The molecule has 1 heterocycles. The lowest BCUT2D eigenvalue weighted by Gasteiger charge is -2.02. The summed E-state index contributed by atoms with van der Waals surface area (Å²) in [5, 5.41) is 0. The molecule has 14 heavy (non-hydrogen) atoms. The van der Waals surface area contributed by atoms with Crippen LogP contribution in [0.2, 0.25) is 0 Å². The molecule has 0 aromatic carbocycles. The highest BCUT2D eigenvalue weighted by Gasteiger charge is 2.04. The first-order valence-corrected chi connectivity index (χ1v) is 4.35. The maximum Gasteiger partial charge on any atom is 0.339 e. The first-order valence-electron chi connectivity index (χ1n) is 4.35. The van der Waals surface area contributed by atoms with Crippen molar-refractivity contribution in [1.82, 2.24) is 4.98 Å². The fraction of sp³-hybridized carbons (Fsp3) is 0.273. The van der Waals surface area contributed by atoms with Gasteiger partial charge in [0.1, 0.15) is 0 Å². The summed E-state index contributed by atoms with van der Waals surface area (Å²) in [6.45, 7) is 0.359. The highest BCUT2D eigenvalue weighted by Crippen LogP contribution is 1.99. The third-order valence-electron chi connectivity index (χ3n) is 1.60. The Balaban J connectivity index is 2.33. The van der Waals surface area contributed by atoms with Gasteiger partial charge >= 0.3 is 5.97 Å². The lowest BCUT2D eigenvalue weighted by molar-refractivity contribution is 0.0501. The van der Waals surface area contributed by atoms with Crippen molar-refractivity contribution in [3.05, 3.63) is 30.1 Å².